The van der Waals surface area contributed by atoms with Gasteiger partial charge in [-0.3, -0.25) is 19.7 Å². The van der Waals surface area contributed by atoms with E-state index in [0.29, 0.717) is 21.6 Å². The van der Waals surface area contributed by atoms with Crippen molar-refractivity contribution in [2.45, 2.75) is 0 Å². The molecule has 3 rings (SSSR count). The monoisotopic (exact) mass is 343 g/mol. The van der Waals surface area contributed by atoms with Crippen LogP contribution in [0.2, 0.25) is 5.02 Å². The van der Waals surface area contributed by atoms with E-state index >= 15 is 0 Å². The zero-order valence-electron chi connectivity index (χ0n) is 12.1. The highest BCUT2D eigenvalue weighted by molar-refractivity contribution is 6.35. The Morgan fingerprint density at radius 1 is 1.17 bits per heavy atom. The smallest absolute Gasteiger partial charge is 0.269 e. The average molecular weight is 344 g/mol. The zero-order chi connectivity index (χ0) is 17.3. The molecule has 120 valence electrons. The van der Waals surface area contributed by atoms with Crippen molar-refractivity contribution in [3.8, 4) is 0 Å². The summed E-state index contributed by atoms with van der Waals surface area (Å²) in [6.07, 6.45) is 1.29. The summed E-state index contributed by atoms with van der Waals surface area (Å²) in [5.74, 6) is -0.619. The molecular formula is C16H10ClN3O4. The number of rotatable bonds is 3. The van der Waals surface area contributed by atoms with Gasteiger partial charge < -0.3 is 10.3 Å². The number of para-hydroxylation sites is 1. The van der Waals surface area contributed by atoms with Crippen molar-refractivity contribution in [3.05, 3.63) is 79.6 Å². The number of hydrogen-bond acceptors (Lipinski definition) is 4. The number of aromatic nitrogens is 1. The molecule has 3 aromatic rings. The van der Waals surface area contributed by atoms with Gasteiger partial charge in [0.2, 0.25) is 5.43 Å². The van der Waals surface area contributed by atoms with Crippen LogP contribution >= 0.6 is 11.6 Å². The number of H-pyrrole nitrogens is 1. The second-order valence-corrected chi connectivity index (χ2v) is 5.36. The zero-order valence-corrected chi connectivity index (χ0v) is 12.8. The Morgan fingerprint density at radius 2 is 1.88 bits per heavy atom. The molecule has 8 heteroatoms. The van der Waals surface area contributed by atoms with E-state index in [0.717, 1.165) is 0 Å². The molecule has 0 fully saturated rings. The molecular weight excluding hydrogens is 334 g/mol. The maximum Gasteiger partial charge on any atom is 0.269 e. The summed E-state index contributed by atoms with van der Waals surface area (Å²) in [5, 5.41) is 13.8. The number of nitro benzene ring substituents is 1. The summed E-state index contributed by atoms with van der Waals surface area (Å²) in [6.45, 7) is 0. The van der Waals surface area contributed by atoms with Crippen molar-refractivity contribution >= 4 is 39.8 Å². The quantitative estimate of drug-likeness (QED) is 0.562. The SMILES string of the molecule is O=C(Nc1ccc([N+](=O)[O-])cc1)c1c[nH]c2c(Cl)cccc2c1=O. The number of benzene rings is 2. The van der Waals surface area contributed by atoms with Crippen LogP contribution in [0, 0.1) is 10.1 Å². The van der Waals surface area contributed by atoms with Gasteiger partial charge in [0.25, 0.3) is 11.6 Å². The van der Waals surface area contributed by atoms with Gasteiger partial charge in [-0.1, -0.05) is 17.7 Å². The van der Waals surface area contributed by atoms with E-state index < -0.39 is 16.3 Å². The topological polar surface area (TPSA) is 105 Å². The first-order valence-electron chi connectivity index (χ1n) is 6.83. The Kier molecular flexibility index (Phi) is 4.01. The van der Waals surface area contributed by atoms with Crippen molar-refractivity contribution in [1.29, 1.82) is 0 Å². The van der Waals surface area contributed by atoms with Crippen molar-refractivity contribution < 1.29 is 9.72 Å². The molecule has 0 saturated carbocycles. The van der Waals surface area contributed by atoms with E-state index in [4.69, 9.17) is 11.6 Å². The molecule has 2 N–H and O–H groups in total. The highest BCUT2D eigenvalue weighted by atomic mass is 35.5. The molecule has 1 heterocycles. The first kappa shape index (κ1) is 15.7. The van der Waals surface area contributed by atoms with Crippen LogP contribution in [0.3, 0.4) is 0 Å². The van der Waals surface area contributed by atoms with Crippen LogP contribution in [0.4, 0.5) is 11.4 Å². The predicted molar refractivity (Wildman–Crippen MR) is 90.6 cm³/mol. The Balaban J connectivity index is 1.93. The number of aromatic amines is 1. The summed E-state index contributed by atoms with van der Waals surface area (Å²) >= 11 is 6.01. The lowest BCUT2D eigenvalue weighted by atomic mass is 10.1. The molecule has 0 aliphatic heterocycles. The minimum absolute atomic E-state index is 0.0804. The van der Waals surface area contributed by atoms with Crippen LogP contribution in [0.25, 0.3) is 10.9 Å². The molecule has 1 amide bonds. The first-order valence-corrected chi connectivity index (χ1v) is 7.21. The number of nitro groups is 1. The largest absolute Gasteiger partial charge is 0.359 e. The molecule has 7 nitrogen and oxygen atoms in total. The van der Waals surface area contributed by atoms with E-state index in [9.17, 15) is 19.7 Å². The van der Waals surface area contributed by atoms with Gasteiger partial charge in [-0.05, 0) is 24.3 Å². The van der Waals surface area contributed by atoms with Gasteiger partial charge in [0.05, 0.1) is 15.5 Å². The lowest BCUT2D eigenvalue weighted by molar-refractivity contribution is -0.384. The number of hydrogen-bond donors (Lipinski definition) is 2. The Hall–Kier alpha value is -3.19. The maximum absolute atomic E-state index is 12.4. The fourth-order valence-corrected chi connectivity index (χ4v) is 2.48. The highest BCUT2D eigenvalue weighted by Gasteiger charge is 2.14. The predicted octanol–water partition coefficient (Wildman–Crippen LogP) is 3.34. The van der Waals surface area contributed by atoms with E-state index in [1.54, 1.807) is 18.2 Å². The molecule has 0 atom stereocenters. The Bertz CT molecular complexity index is 1010. The van der Waals surface area contributed by atoms with Crippen LogP contribution in [0.15, 0.2) is 53.5 Å². The maximum atomic E-state index is 12.4. The van der Waals surface area contributed by atoms with Crippen LogP contribution in [-0.2, 0) is 0 Å². The molecule has 0 aliphatic carbocycles. The molecule has 1 aromatic heterocycles. The third kappa shape index (κ3) is 2.84. The number of nitrogens with zero attached hydrogens (tertiary/aromatic N) is 1. The molecule has 0 saturated heterocycles. The van der Waals surface area contributed by atoms with Crippen molar-refractivity contribution in [2.75, 3.05) is 5.32 Å². The van der Waals surface area contributed by atoms with Gasteiger partial charge in [0.15, 0.2) is 0 Å². The van der Waals surface area contributed by atoms with E-state index in [1.165, 1.54) is 30.5 Å². The molecule has 24 heavy (non-hydrogen) atoms. The molecule has 0 radical (unpaired) electrons. The molecule has 0 spiro atoms. The third-order valence-corrected chi connectivity index (χ3v) is 3.76. The number of nitrogens with one attached hydrogen (secondary N) is 2. The Labute approximate surface area is 140 Å². The fraction of sp³-hybridized carbons (Fsp3) is 0. The summed E-state index contributed by atoms with van der Waals surface area (Å²) in [6, 6.07) is 10.1. The van der Waals surface area contributed by atoms with Crippen molar-refractivity contribution in [3.63, 3.8) is 0 Å². The van der Waals surface area contributed by atoms with Gasteiger partial charge in [-0.15, -0.1) is 0 Å². The molecule has 0 aliphatic rings. The van der Waals surface area contributed by atoms with E-state index in [2.05, 4.69) is 10.3 Å². The van der Waals surface area contributed by atoms with Gasteiger partial charge in [-0.2, -0.15) is 0 Å². The number of carbonyl (C=O) groups is 1. The third-order valence-electron chi connectivity index (χ3n) is 3.44. The summed E-state index contributed by atoms with van der Waals surface area (Å²) < 4.78 is 0. The molecule has 2 aromatic carbocycles. The Morgan fingerprint density at radius 3 is 2.54 bits per heavy atom. The van der Waals surface area contributed by atoms with Gasteiger partial charge in [0, 0.05) is 29.4 Å². The standard InChI is InChI=1S/C16H10ClN3O4/c17-13-3-1-2-11-14(13)18-8-12(15(11)21)16(22)19-9-4-6-10(7-5-9)20(23)24/h1-8H,(H,18,21)(H,19,22). The van der Waals surface area contributed by atoms with Crippen LogP contribution in [-0.4, -0.2) is 15.8 Å². The number of halogens is 1. The second kappa shape index (κ2) is 6.13. The minimum Gasteiger partial charge on any atom is -0.359 e. The number of non-ortho nitro benzene ring substituents is 1. The normalized spacial score (nSPS) is 10.5. The van der Waals surface area contributed by atoms with Gasteiger partial charge in [0.1, 0.15) is 5.56 Å². The number of carbonyl (C=O) groups excluding carboxylic acids is 1. The van der Waals surface area contributed by atoms with Crippen molar-refractivity contribution in [1.82, 2.24) is 4.98 Å². The number of pyridine rings is 1. The summed E-state index contributed by atoms with van der Waals surface area (Å²) in [7, 11) is 0. The van der Waals surface area contributed by atoms with Crippen molar-refractivity contribution in [2.24, 2.45) is 0 Å². The average Bonchev–Trinajstić information content (AvgIpc) is 2.56. The fourth-order valence-electron chi connectivity index (χ4n) is 2.25. The minimum atomic E-state index is -0.619. The van der Waals surface area contributed by atoms with E-state index in [-0.39, 0.29) is 11.3 Å². The lowest BCUT2D eigenvalue weighted by Gasteiger charge is -2.06. The first-order chi connectivity index (χ1) is 11.5. The number of anilines is 1. The summed E-state index contributed by atoms with van der Waals surface area (Å²) in [5.41, 5.74) is 0.173. The number of fused-ring (bicyclic) bond motifs is 1. The summed E-state index contributed by atoms with van der Waals surface area (Å²) in [4.78, 5) is 37.6. The second-order valence-electron chi connectivity index (χ2n) is 4.95. The molecule has 0 unspecified atom stereocenters. The van der Waals surface area contributed by atoms with Crippen LogP contribution in [0.1, 0.15) is 10.4 Å². The highest BCUT2D eigenvalue weighted by Crippen LogP contribution is 2.19. The van der Waals surface area contributed by atoms with Gasteiger partial charge in [-0.25, -0.2) is 0 Å². The molecule has 0 bridgehead atoms. The van der Waals surface area contributed by atoms with Gasteiger partial charge >= 0.3 is 0 Å². The van der Waals surface area contributed by atoms with Crippen LogP contribution < -0.4 is 10.7 Å². The lowest BCUT2D eigenvalue weighted by Crippen LogP contribution is -2.22. The van der Waals surface area contributed by atoms with E-state index in [1.807, 2.05) is 0 Å². The number of amides is 1. The van der Waals surface area contributed by atoms with Crippen LogP contribution in [0.5, 0.6) is 0 Å².